The van der Waals surface area contributed by atoms with Crippen molar-refractivity contribution in [2.75, 3.05) is 26.8 Å². The van der Waals surface area contributed by atoms with Crippen LogP contribution in [-0.2, 0) is 16.0 Å². The highest BCUT2D eigenvalue weighted by molar-refractivity contribution is 5.76. The second kappa shape index (κ2) is 9.52. The van der Waals surface area contributed by atoms with Gasteiger partial charge in [-0.2, -0.15) is 0 Å². The van der Waals surface area contributed by atoms with E-state index in [1.165, 1.54) is 11.1 Å². The highest BCUT2D eigenvalue weighted by Crippen LogP contribution is 2.31. The molecule has 0 unspecified atom stereocenters. The van der Waals surface area contributed by atoms with Gasteiger partial charge in [-0.25, -0.2) is 0 Å². The van der Waals surface area contributed by atoms with Crippen molar-refractivity contribution in [1.82, 2.24) is 4.90 Å². The smallest absolute Gasteiger partial charge is 0.222 e. The molecule has 2 atom stereocenters. The Balaban J connectivity index is 1.76. The molecular formula is C22H35NO3. The molecular weight excluding hydrogens is 326 g/mol. The first-order chi connectivity index (χ1) is 12.4. The summed E-state index contributed by atoms with van der Waals surface area (Å²) in [7, 11) is 1.66. The van der Waals surface area contributed by atoms with Crippen molar-refractivity contribution in [1.29, 1.82) is 0 Å². The van der Waals surface area contributed by atoms with Crippen molar-refractivity contribution >= 4 is 5.91 Å². The molecule has 0 spiro atoms. The maximum absolute atomic E-state index is 12.5. The summed E-state index contributed by atoms with van der Waals surface area (Å²) in [5.74, 6) is 0.845. The van der Waals surface area contributed by atoms with Gasteiger partial charge in [-0.15, -0.1) is 0 Å². The van der Waals surface area contributed by atoms with E-state index in [9.17, 15) is 9.90 Å². The molecule has 1 fully saturated rings. The molecule has 0 bridgehead atoms. The molecule has 26 heavy (non-hydrogen) atoms. The summed E-state index contributed by atoms with van der Waals surface area (Å²) in [4.78, 5) is 14.4. The molecule has 4 nitrogen and oxygen atoms in total. The lowest BCUT2D eigenvalue weighted by Gasteiger charge is -2.43. The normalized spacial score (nSPS) is 23.5. The van der Waals surface area contributed by atoms with Gasteiger partial charge in [0.25, 0.3) is 0 Å². The number of hydrogen-bond donors (Lipinski definition) is 1. The quantitative estimate of drug-likeness (QED) is 0.767. The summed E-state index contributed by atoms with van der Waals surface area (Å²) in [6.45, 7) is 8.28. The Bertz CT molecular complexity index is 569. The number of piperidine rings is 1. The van der Waals surface area contributed by atoms with Gasteiger partial charge < -0.3 is 14.7 Å². The van der Waals surface area contributed by atoms with E-state index in [1.807, 2.05) is 11.8 Å². The molecule has 4 heteroatoms. The highest BCUT2D eigenvalue weighted by atomic mass is 16.5. The molecule has 1 amide bonds. The molecule has 1 heterocycles. The topological polar surface area (TPSA) is 49.8 Å². The molecule has 0 aromatic heterocycles. The predicted molar refractivity (Wildman–Crippen MR) is 105 cm³/mol. The number of aliphatic hydroxyl groups is 1. The lowest BCUT2D eigenvalue weighted by Crippen LogP contribution is -2.52. The van der Waals surface area contributed by atoms with E-state index < -0.39 is 5.60 Å². The summed E-state index contributed by atoms with van der Waals surface area (Å²) in [5.41, 5.74) is 1.95. The van der Waals surface area contributed by atoms with Crippen LogP contribution in [0.25, 0.3) is 0 Å². The molecule has 1 aliphatic heterocycles. The molecule has 1 saturated heterocycles. The van der Waals surface area contributed by atoms with Crippen LogP contribution in [0.15, 0.2) is 24.3 Å². The average molecular weight is 362 g/mol. The predicted octanol–water partition coefficient (Wildman–Crippen LogP) is 3.77. The van der Waals surface area contributed by atoms with Gasteiger partial charge in [-0.3, -0.25) is 4.79 Å². The average Bonchev–Trinajstić information content (AvgIpc) is 2.63. The first-order valence-corrected chi connectivity index (χ1v) is 9.93. The maximum Gasteiger partial charge on any atom is 0.222 e. The number of ether oxygens (including phenoxy) is 1. The molecule has 1 aromatic rings. The molecule has 0 aliphatic carbocycles. The number of hydrogen-bond acceptors (Lipinski definition) is 3. The van der Waals surface area contributed by atoms with Gasteiger partial charge >= 0.3 is 0 Å². The van der Waals surface area contributed by atoms with Crippen LogP contribution in [-0.4, -0.2) is 48.3 Å². The van der Waals surface area contributed by atoms with Crippen LogP contribution in [0.2, 0.25) is 0 Å². The third kappa shape index (κ3) is 5.55. The Morgan fingerprint density at radius 1 is 1.35 bits per heavy atom. The van der Waals surface area contributed by atoms with Crippen molar-refractivity contribution in [2.45, 2.75) is 64.4 Å². The molecule has 1 aliphatic rings. The fourth-order valence-corrected chi connectivity index (χ4v) is 3.71. The largest absolute Gasteiger partial charge is 0.389 e. The van der Waals surface area contributed by atoms with Crippen LogP contribution in [0.5, 0.6) is 0 Å². The van der Waals surface area contributed by atoms with E-state index in [2.05, 4.69) is 38.1 Å². The van der Waals surface area contributed by atoms with E-state index >= 15 is 0 Å². The minimum Gasteiger partial charge on any atom is -0.389 e. The number of aryl methyl sites for hydroxylation is 1. The monoisotopic (exact) mass is 361 g/mol. The van der Waals surface area contributed by atoms with Gasteiger partial charge in [-0.1, -0.05) is 45.0 Å². The van der Waals surface area contributed by atoms with Gasteiger partial charge in [0.2, 0.25) is 5.91 Å². The summed E-state index contributed by atoms with van der Waals surface area (Å²) in [6.07, 6.45) is 3.66. The Hall–Kier alpha value is -1.39. The minimum absolute atomic E-state index is 0.0823. The minimum atomic E-state index is -0.703. The number of nitrogens with zero attached hydrogens (tertiary/aromatic N) is 1. The van der Waals surface area contributed by atoms with E-state index in [4.69, 9.17) is 4.74 Å². The highest BCUT2D eigenvalue weighted by Gasteiger charge is 2.39. The number of carbonyl (C=O) groups is 1. The van der Waals surface area contributed by atoms with Gasteiger partial charge in [0, 0.05) is 39.1 Å². The standard InChI is InChI=1S/C22H35NO3/c1-17(2)20-10-8-19(9-11-20)6-5-7-21(24)23-14-12-22(25,13-15-26-4)18(3)16-23/h8-11,17-18,25H,5-7,12-16H2,1-4H3/t18-,22-/m1/s1. The maximum atomic E-state index is 12.5. The van der Waals surface area contributed by atoms with Crippen molar-refractivity contribution < 1.29 is 14.6 Å². The number of methoxy groups -OCH3 is 1. The zero-order valence-electron chi connectivity index (χ0n) is 16.8. The van der Waals surface area contributed by atoms with Crippen LogP contribution in [0.3, 0.4) is 0 Å². The molecule has 1 N–H and O–H groups in total. The number of rotatable bonds is 8. The summed E-state index contributed by atoms with van der Waals surface area (Å²) in [5, 5.41) is 10.7. The fraction of sp³-hybridized carbons (Fsp3) is 0.682. The Kier molecular flexibility index (Phi) is 7.66. The SMILES string of the molecule is COCC[C@]1(O)CCN(C(=O)CCCc2ccc(C(C)C)cc2)C[C@H]1C. The Morgan fingerprint density at radius 3 is 2.62 bits per heavy atom. The van der Waals surface area contributed by atoms with Gasteiger partial charge in [-0.05, 0) is 42.7 Å². The van der Waals surface area contributed by atoms with Crippen LogP contribution in [0, 0.1) is 5.92 Å². The lowest BCUT2D eigenvalue weighted by molar-refractivity contribution is -0.140. The Morgan fingerprint density at radius 2 is 2.04 bits per heavy atom. The van der Waals surface area contributed by atoms with E-state index in [-0.39, 0.29) is 11.8 Å². The molecule has 0 saturated carbocycles. The van der Waals surface area contributed by atoms with Crippen LogP contribution < -0.4 is 0 Å². The van der Waals surface area contributed by atoms with Crippen molar-refractivity contribution in [2.24, 2.45) is 5.92 Å². The van der Waals surface area contributed by atoms with Gasteiger partial charge in [0.1, 0.15) is 0 Å². The second-order valence-electron chi connectivity index (χ2n) is 8.09. The second-order valence-corrected chi connectivity index (χ2v) is 8.09. The van der Waals surface area contributed by atoms with E-state index in [1.54, 1.807) is 7.11 Å². The summed E-state index contributed by atoms with van der Waals surface area (Å²) < 4.78 is 5.11. The number of amides is 1. The van der Waals surface area contributed by atoms with Crippen molar-refractivity contribution in [3.8, 4) is 0 Å². The summed E-state index contributed by atoms with van der Waals surface area (Å²) >= 11 is 0. The summed E-state index contributed by atoms with van der Waals surface area (Å²) in [6, 6.07) is 8.74. The zero-order valence-corrected chi connectivity index (χ0v) is 16.8. The van der Waals surface area contributed by atoms with Crippen LogP contribution in [0.1, 0.15) is 63.5 Å². The van der Waals surface area contributed by atoms with Crippen LogP contribution in [0.4, 0.5) is 0 Å². The van der Waals surface area contributed by atoms with E-state index in [0.29, 0.717) is 44.9 Å². The fourth-order valence-electron chi connectivity index (χ4n) is 3.71. The van der Waals surface area contributed by atoms with Gasteiger partial charge in [0.15, 0.2) is 0 Å². The zero-order chi connectivity index (χ0) is 19.2. The first-order valence-electron chi connectivity index (χ1n) is 9.93. The van der Waals surface area contributed by atoms with Crippen LogP contribution >= 0.6 is 0 Å². The molecule has 146 valence electrons. The molecule has 2 rings (SSSR count). The lowest BCUT2D eigenvalue weighted by atomic mass is 9.80. The third-order valence-electron chi connectivity index (χ3n) is 5.82. The van der Waals surface area contributed by atoms with Crippen molar-refractivity contribution in [3.05, 3.63) is 35.4 Å². The molecule has 0 radical (unpaired) electrons. The number of likely N-dealkylation sites (tertiary alicyclic amines) is 1. The van der Waals surface area contributed by atoms with E-state index in [0.717, 1.165) is 12.8 Å². The van der Waals surface area contributed by atoms with Crippen molar-refractivity contribution in [3.63, 3.8) is 0 Å². The Labute approximate surface area is 158 Å². The first kappa shape index (κ1) is 20.9. The van der Waals surface area contributed by atoms with Gasteiger partial charge in [0.05, 0.1) is 5.60 Å². The third-order valence-corrected chi connectivity index (χ3v) is 5.82. The molecule has 1 aromatic carbocycles. The number of benzene rings is 1. The number of carbonyl (C=O) groups excluding carboxylic acids is 1.